The number of hydrogen-bond donors (Lipinski definition) is 1. The minimum atomic E-state index is -0.500. The first kappa shape index (κ1) is 23.1. The van der Waals surface area contributed by atoms with Crippen LogP contribution in [0.1, 0.15) is 11.1 Å². The Balaban J connectivity index is 1.84. The normalized spacial score (nSPS) is 11.3. The van der Waals surface area contributed by atoms with E-state index in [2.05, 4.69) is 4.98 Å². The average molecular weight is 488 g/mol. The van der Waals surface area contributed by atoms with E-state index in [0.29, 0.717) is 34.6 Å². The summed E-state index contributed by atoms with van der Waals surface area (Å²) in [5, 5.41) is 10.5. The smallest absolute Gasteiger partial charge is 0.332 e. The minimum absolute atomic E-state index is 0.00231. The Bertz CT molecular complexity index is 1430. The molecule has 0 aliphatic rings. The van der Waals surface area contributed by atoms with E-state index in [1.165, 1.54) is 4.57 Å². The molecule has 0 radical (unpaired) electrons. The lowest BCUT2D eigenvalue weighted by Crippen LogP contribution is -2.39. The zero-order valence-electron chi connectivity index (χ0n) is 18.2. The number of fused-ring (bicyclic) bond motifs is 1. The highest BCUT2D eigenvalue weighted by molar-refractivity contribution is 6.35. The lowest BCUT2D eigenvalue weighted by Gasteiger charge is -2.22. The summed E-state index contributed by atoms with van der Waals surface area (Å²) in [6, 6.07) is 14.7. The van der Waals surface area contributed by atoms with E-state index in [4.69, 9.17) is 23.2 Å². The lowest BCUT2D eigenvalue weighted by molar-refractivity contribution is 0.300. The van der Waals surface area contributed by atoms with E-state index < -0.39 is 11.2 Å². The maximum Gasteiger partial charge on any atom is 0.332 e. The van der Waals surface area contributed by atoms with E-state index in [-0.39, 0.29) is 24.3 Å². The third-order valence-corrected chi connectivity index (χ3v) is 6.14. The second-order valence-corrected chi connectivity index (χ2v) is 8.59. The van der Waals surface area contributed by atoms with Gasteiger partial charge < -0.3 is 14.6 Å². The van der Waals surface area contributed by atoms with Gasteiger partial charge >= 0.3 is 5.69 Å². The third kappa shape index (κ3) is 4.42. The van der Waals surface area contributed by atoms with E-state index >= 15 is 0 Å². The quantitative estimate of drug-likeness (QED) is 0.433. The summed E-state index contributed by atoms with van der Waals surface area (Å²) in [4.78, 5) is 32.9. The Morgan fingerprint density at radius 3 is 2.42 bits per heavy atom. The van der Waals surface area contributed by atoms with Gasteiger partial charge in [-0.15, -0.1) is 0 Å². The first-order valence-corrected chi connectivity index (χ1v) is 11.1. The monoisotopic (exact) mass is 487 g/mol. The zero-order valence-corrected chi connectivity index (χ0v) is 19.7. The third-order valence-electron chi connectivity index (χ3n) is 5.55. The van der Waals surface area contributed by atoms with Crippen LogP contribution in [0.4, 0.5) is 5.95 Å². The summed E-state index contributed by atoms with van der Waals surface area (Å²) in [5.41, 5.74) is 1.23. The van der Waals surface area contributed by atoms with Crippen molar-refractivity contribution < 1.29 is 5.11 Å². The maximum atomic E-state index is 13.4. The summed E-state index contributed by atoms with van der Waals surface area (Å²) < 4.78 is 4.15. The predicted octanol–water partition coefficient (Wildman–Crippen LogP) is 2.79. The molecule has 1 N–H and O–H groups in total. The van der Waals surface area contributed by atoms with E-state index in [0.717, 1.165) is 10.1 Å². The van der Waals surface area contributed by atoms with E-state index in [9.17, 15) is 14.7 Å². The lowest BCUT2D eigenvalue weighted by atomic mass is 10.2. The van der Waals surface area contributed by atoms with E-state index in [1.807, 2.05) is 35.2 Å². The number of aryl methyl sites for hydroxylation is 2. The van der Waals surface area contributed by atoms with Crippen molar-refractivity contribution in [3.05, 3.63) is 90.5 Å². The van der Waals surface area contributed by atoms with Crippen molar-refractivity contribution in [2.75, 3.05) is 18.1 Å². The SMILES string of the molecule is Cn1c(N(CCO)Cc2ccccc2)nc2c1c(=O)n(Cc1ccc(Cl)cc1Cl)c(=O)n2C. The maximum absolute atomic E-state index is 13.4. The van der Waals surface area contributed by atoms with Gasteiger partial charge in [0.1, 0.15) is 0 Å². The Kier molecular flexibility index (Phi) is 6.60. The molecular formula is C23H23Cl2N5O3. The number of nitrogens with zero attached hydrogens (tertiary/aromatic N) is 5. The summed E-state index contributed by atoms with van der Waals surface area (Å²) in [6.07, 6.45) is 0. The minimum Gasteiger partial charge on any atom is -0.395 e. The van der Waals surface area contributed by atoms with Gasteiger partial charge in [-0.25, -0.2) is 4.79 Å². The molecule has 0 unspecified atom stereocenters. The summed E-state index contributed by atoms with van der Waals surface area (Å²) in [6.45, 7) is 0.715. The molecule has 0 saturated heterocycles. The molecule has 0 amide bonds. The van der Waals surface area contributed by atoms with Gasteiger partial charge in [-0.3, -0.25) is 13.9 Å². The Hall–Kier alpha value is -3.07. The number of rotatable bonds is 7. The molecule has 2 heterocycles. The van der Waals surface area contributed by atoms with Crippen LogP contribution in [0.3, 0.4) is 0 Å². The molecule has 4 rings (SSSR count). The van der Waals surface area contributed by atoms with Crippen molar-refractivity contribution in [3.63, 3.8) is 0 Å². The molecule has 0 saturated carbocycles. The van der Waals surface area contributed by atoms with Crippen LogP contribution >= 0.6 is 23.2 Å². The highest BCUT2D eigenvalue weighted by Crippen LogP contribution is 2.22. The number of anilines is 1. The molecule has 172 valence electrons. The highest BCUT2D eigenvalue weighted by atomic mass is 35.5. The fourth-order valence-corrected chi connectivity index (χ4v) is 4.32. The largest absolute Gasteiger partial charge is 0.395 e. The molecule has 2 aromatic carbocycles. The van der Waals surface area contributed by atoms with Gasteiger partial charge in [-0.1, -0.05) is 59.6 Å². The van der Waals surface area contributed by atoms with Gasteiger partial charge in [0, 0.05) is 37.2 Å². The molecule has 33 heavy (non-hydrogen) atoms. The molecule has 2 aromatic heterocycles. The molecule has 0 fully saturated rings. The van der Waals surface area contributed by atoms with Gasteiger partial charge in [-0.05, 0) is 23.3 Å². The van der Waals surface area contributed by atoms with Gasteiger partial charge in [0.05, 0.1) is 13.2 Å². The second-order valence-electron chi connectivity index (χ2n) is 7.74. The van der Waals surface area contributed by atoms with Gasteiger partial charge in [-0.2, -0.15) is 4.98 Å². The number of hydrogen-bond acceptors (Lipinski definition) is 5. The van der Waals surface area contributed by atoms with Crippen molar-refractivity contribution >= 4 is 40.3 Å². The van der Waals surface area contributed by atoms with Crippen LogP contribution in [0.15, 0.2) is 58.1 Å². The summed E-state index contributed by atoms with van der Waals surface area (Å²) in [7, 11) is 3.31. The van der Waals surface area contributed by atoms with Crippen molar-refractivity contribution in [3.8, 4) is 0 Å². The van der Waals surface area contributed by atoms with E-state index in [1.54, 1.807) is 36.9 Å². The number of benzene rings is 2. The van der Waals surface area contributed by atoms with Crippen LogP contribution in [0.25, 0.3) is 11.2 Å². The average Bonchev–Trinajstić information content (AvgIpc) is 3.14. The number of aliphatic hydroxyl groups is 1. The fourth-order valence-electron chi connectivity index (χ4n) is 3.85. The van der Waals surface area contributed by atoms with Crippen molar-refractivity contribution in [2.45, 2.75) is 13.1 Å². The fraction of sp³-hybridized carbons (Fsp3) is 0.261. The van der Waals surface area contributed by atoms with Crippen LogP contribution in [0.5, 0.6) is 0 Å². The van der Waals surface area contributed by atoms with Crippen LogP contribution in [0.2, 0.25) is 10.0 Å². The van der Waals surface area contributed by atoms with Crippen molar-refractivity contribution in [2.24, 2.45) is 14.1 Å². The standard InChI is InChI=1S/C23H23Cl2N5O3/c1-27-19-20(26-22(27)29(10-11-31)13-15-6-4-3-5-7-15)28(2)23(33)30(21(19)32)14-16-8-9-17(24)12-18(16)25/h3-9,12,31H,10-11,13-14H2,1-2H3. The number of aromatic nitrogens is 4. The Labute approximate surface area is 199 Å². The molecule has 0 aliphatic heterocycles. The van der Waals surface area contributed by atoms with Gasteiger partial charge in [0.15, 0.2) is 11.2 Å². The van der Waals surface area contributed by atoms with Gasteiger partial charge in [0.2, 0.25) is 5.95 Å². The first-order chi connectivity index (χ1) is 15.8. The Morgan fingerprint density at radius 2 is 1.76 bits per heavy atom. The van der Waals surface area contributed by atoms with Crippen molar-refractivity contribution in [1.29, 1.82) is 0 Å². The number of halogens is 2. The molecule has 8 nitrogen and oxygen atoms in total. The first-order valence-electron chi connectivity index (χ1n) is 10.3. The van der Waals surface area contributed by atoms with Crippen LogP contribution in [-0.2, 0) is 27.2 Å². The molecular weight excluding hydrogens is 465 g/mol. The Morgan fingerprint density at radius 1 is 1.03 bits per heavy atom. The molecule has 0 spiro atoms. The molecule has 0 bridgehead atoms. The topological polar surface area (TPSA) is 85.3 Å². The van der Waals surface area contributed by atoms with Gasteiger partial charge in [0.25, 0.3) is 5.56 Å². The molecule has 10 heteroatoms. The summed E-state index contributed by atoms with van der Waals surface area (Å²) >= 11 is 12.2. The zero-order chi connectivity index (χ0) is 23.7. The molecule has 4 aromatic rings. The van der Waals surface area contributed by atoms with Crippen molar-refractivity contribution in [1.82, 2.24) is 18.7 Å². The van der Waals surface area contributed by atoms with Crippen LogP contribution in [-0.4, -0.2) is 36.9 Å². The van der Waals surface area contributed by atoms with Crippen LogP contribution in [0, 0.1) is 0 Å². The molecule has 0 atom stereocenters. The molecule has 0 aliphatic carbocycles. The predicted molar refractivity (Wildman–Crippen MR) is 130 cm³/mol. The number of imidazole rings is 1. The summed E-state index contributed by atoms with van der Waals surface area (Å²) in [5.74, 6) is 0.484. The highest BCUT2D eigenvalue weighted by Gasteiger charge is 2.22. The van der Waals surface area contributed by atoms with Crippen LogP contribution < -0.4 is 16.1 Å². The second kappa shape index (κ2) is 9.43. The number of aliphatic hydroxyl groups excluding tert-OH is 1.